The highest BCUT2D eigenvalue weighted by Gasteiger charge is 2.36. The summed E-state index contributed by atoms with van der Waals surface area (Å²) in [6.45, 7) is 9.38. The molecule has 1 nitrogen and oxygen atoms in total. The topological polar surface area (TPSA) is 20.2 Å². The molecule has 96 valence electrons. The second kappa shape index (κ2) is 6.05. The Morgan fingerprint density at radius 3 is 2.56 bits per heavy atom. The highest BCUT2D eigenvalue weighted by Crippen LogP contribution is 2.46. The van der Waals surface area contributed by atoms with Crippen LogP contribution in [0.3, 0.4) is 0 Å². The van der Waals surface area contributed by atoms with Gasteiger partial charge in [-0.1, -0.05) is 47.0 Å². The lowest BCUT2D eigenvalue weighted by atomic mass is 9.62. The Bertz CT molecular complexity index is 198. The maximum absolute atomic E-state index is 9.84. The number of aliphatic hydroxyl groups is 1. The summed E-state index contributed by atoms with van der Waals surface area (Å²) in [6, 6.07) is 0. The van der Waals surface area contributed by atoms with Gasteiger partial charge in [-0.3, -0.25) is 0 Å². The Kier molecular flexibility index (Phi) is 5.30. The van der Waals surface area contributed by atoms with Gasteiger partial charge in [0.1, 0.15) is 0 Å². The summed E-state index contributed by atoms with van der Waals surface area (Å²) in [5.41, 5.74) is 0.490. The predicted octanol–water partition coefficient (Wildman–Crippen LogP) is 4.39. The van der Waals surface area contributed by atoms with E-state index in [9.17, 15) is 5.11 Å². The van der Waals surface area contributed by atoms with Gasteiger partial charge in [-0.2, -0.15) is 0 Å². The van der Waals surface area contributed by atoms with Crippen molar-refractivity contribution in [3.63, 3.8) is 0 Å². The fourth-order valence-electron chi connectivity index (χ4n) is 3.56. The molecule has 16 heavy (non-hydrogen) atoms. The van der Waals surface area contributed by atoms with Crippen LogP contribution >= 0.6 is 0 Å². The molecule has 1 heteroatoms. The Labute approximate surface area is 102 Å². The van der Waals surface area contributed by atoms with Crippen LogP contribution in [-0.2, 0) is 0 Å². The molecule has 1 unspecified atom stereocenters. The smallest absolute Gasteiger partial charge is 0.0540 e. The molecule has 0 aromatic carbocycles. The molecule has 0 aromatic rings. The fourth-order valence-corrected chi connectivity index (χ4v) is 3.56. The van der Waals surface area contributed by atoms with Gasteiger partial charge in [-0.15, -0.1) is 0 Å². The molecule has 1 N–H and O–H groups in total. The Morgan fingerprint density at radius 2 is 2.00 bits per heavy atom. The zero-order valence-corrected chi connectivity index (χ0v) is 11.6. The van der Waals surface area contributed by atoms with Crippen LogP contribution in [0, 0.1) is 17.3 Å². The van der Waals surface area contributed by atoms with E-state index in [1.54, 1.807) is 0 Å². The summed E-state index contributed by atoms with van der Waals surface area (Å²) in [4.78, 5) is 0. The Balaban J connectivity index is 2.43. The van der Waals surface area contributed by atoms with Gasteiger partial charge < -0.3 is 5.11 Å². The van der Waals surface area contributed by atoms with Gasteiger partial charge in [0.25, 0.3) is 0 Å². The second-order valence-electron chi connectivity index (χ2n) is 6.48. The number of hydrogen-bond acceptors (Lipinski definition) is 1. The summed E-state index contributed by atoms with van der Waals surface area (Å²) >= 11 is 0. The van der Waals surface area contributed by atoms with Crippen LogP contribution in [0.15, 0.2) is 0 Å². The molecule has 0 heterocycles. The molecule has 0 aliphatic heterocycles. The first-order valence-corrected chi connectivity index (χ1v) is 7.15. The lowest BCUT2D eigenvalue weighted by molar-refractivity contribution is 0.0560. The first-order valence-electron chi connectivity index (χ1n) is 7.15. The summed E-state index contributed by atoms with van der Waals surface area (Å²) in [5, 5.41) is 9.84. The van der Waals surface area contributed by atoms with Crippen molar-refractivity contribution in [3.05, 3.63) is 0 Å². The summed E-state index contributed by atoms with van der Waals surface area (Å²) in [6.07, 6.45) is 8.38. The number of aliphatic hydroxyl groups excluding tert-OH is 1. The van der Waals surface area contributed by atoms with Crippen molar-refractivity contribution in [1.82, 2.24) is 0 Å². The van der Waals surface area contributed by atoms with E-state index in [0.29, 0.717) is 5.41 Å². The molecule has 1 aliphatic carbocycles. The van der Waals surface area contributed by atoms with Gasteiger partial charge in [-0.05, 0) is 42.9 Å². The number of rotatable bonds is 5. The molecule has 0 amide bonds. The highest BCUT2D eigenvalue weighted by atomic mass is 16.3. The molecule has 0 radical (unpaired) electrons. The molecule has 1 saturated carbocycles. The minimum Gasteiger partial charge on any atom is -0.393 e. The SMILES string of the molecule is CCC[C@H](O)CCC1[C@@H](C)CCCC1(C)C. The average molecular weight is 226 g/mol. The Hall–Kier alpha value is -0.0400. The fraction of sp³-hybridized carbons (Fsp3) is 1.00. The molecule has 1 fully saturated rings. The van der Waals surface area contributed by atoms with E-state index in [-0.39, 0.29) is 6.10 Å². The third kappa shape index (κ3) is 3.76. The largest absolute Gasteiger partial charge is 0.393 e. The van der Waals surface area contributed by atoms with E-state index in [2.05, 4.69) is 27.7 Å². The summed E-state index contributed by atoms with van der Waals surface area (Å²) < 4.78 is 0. The second-order valence-corrected chi connectivity index (χ2v) is 6.48. The monoisotopic (exact) mass is 226 g/mol. The van der Waals surface area contributed by atoms with Crippen LogP contribution in [-0.4, -0.2) is 11.2 Å². The predicted molar refractivity (Wildman–Crippen MR) is 70.4 cm³/mol. The third-order valence-corrected chi connectivity index (χ3v) is 4.60. The third-order valence-electron chi connectivity index (χ3n) is 4.60. The zero-order valence-electron chi connectivity index (χ0n) is 11.6. The van der Waals surface area contributed by atoms with Gasteiger partial charge in [-0.25, -0.2) is 0 Å². The van der Waals surface area contributed by atoms with E-state index in [1.165, 1.54) is 25.7 Å². The standard InChI is InChI=1S/C15H30O/c1-5-7-13(16)9-10-14-12(2)8-6-11-15(14,3)4/h12-14,16H,5-11H2,1-4H3/t12-,13-,14?/m0/s1. The molecule has 0 aromatic heterocycles. The molecule has 0 saturated heterocycles. The first-order chi connectivity index (χ1) is 7.47. The van der Waals surface area contributed by atoms with E-state index in [1.807, 2.05) is 0 Å². The first kappa shape index (κ1) is 14.0. The Morgan fingerprint density at radius 1 is 1.31 bits per heavy atom. The van der Waals surface area contributed by atoms with Crippen molar-refractivity contribution in [2.75, 3.05) is 0 Å². The average Bonchev–Trinajstić information content (AvgIpc) is 2.16. The molecule has 0 bridgehead atoms. The normalized spacial score (nSPS) is 31.3. The number of hydrogen-bond donors (Lipinski definition) is 1. The van der Waals surface area contributed by atoms with Gasteiger partial charge in [0.15, 0.2) is 0 Å². The van der Waals surface area contributed by atoms with Crippen molar-refractivity contribution < 1.29 is 5.11 Å². The quantitative estimate of drug-likeness (QED) is 0.737. The van der Waals surface area contributed by atoms with Crippen LogP contribution in [0.1, 0.15) is 72.6 Å². The lowest BCUT2D eigenvalue weighted by Crippen LogP contribution is -2.34. The minimum absolute atomic E-state index is 0.0603. The maximum atomic E-state index is 9.84. The van der Waals surface area contributed by atoms with Crippen molar-refractivity contribution in [1.29, 1.82) is 0 Å². The van der Waals surface area contributed by atoms with Gasteiger partial charge >= 0.3 is 0 Å². The van der Waals surface area contributed by atoms with E-state index < -0.39 is 0 Å². The summed E-state index contributed by atoms with van der Waals surface area (Å²) in [5.74, 6) is 1.66. The van der Waals surface area contributed by atoms with Crippen LogP contribution < -0.4 is 0 Å². The van der Waals surface area contributed by atoms with Crippen LogP contribution in [0.2, 0.25) is 0 Å². The maximum Gasteiger partial charge on any atom is 0.0540 e. The minimum atomic E-state index is -0.0603. The van der Waals surface area contributed by atoms with Crippen molar-refractivity contribution in [2.45, 2.75) is 78.7 Å². The van der Waals surface area contributed by atoms with E-state index in [0.717, 1.165) is 31.1 Å². The van der Waals surface area contributed by atoms with Crippen LogP contribution in [0.25, 0.3) is 0 Å². The molecule has 3 atom stereocenters. The molecule has 0 spiro atoms. The van der Waals surface area contributed by atoms with Gasteiger partial charge in [0.05, 0.1) is 6.10 Å². The van der Waals surface area contributed by atoms with E-state index in [4.69, 9.17) is 0 Å². The van der Waals surface area contributed by atoms with Crippen molar-refractivity contribution in [3.8, 4) is 0 Å². The van der Waals surface area contributed by atoms with Crippen molar-refractivity contribution >= 4 is 0 Å². The summed E-state index contributed by atoms with van der Waals surface area (Å²) in [7, 11) is 0. The molecule has 1 aliphatic rings. The van der Waals surface area contributed by atoms with Crippen molar-refractivity contribution in [2.24, 2.45) is 17.3 Å². The van der Waals surface area contributed by atoms with Gasteiger partial charge in [0.2, 0.25) is 0 Å². The van der Waals surface area contributed by atoms with E-state index >= 15 is 0 Å². The van der Waals surface area contributed by atoms with Gasteiger partial charge in [0, 0.05) is 0 Å². The van der Waals surface area contributed by atoms with Crippen LogP contribution in [0.4, 0.5) is 0 Å². The lowest BCUT2D eigenvalue weighted by Gasteiger charge is -2.43. The zero-order chi connectivity index (χ0) is 12.2. The van der Waals surface area contributed by atoms with Crippen LogP contribution in [0.5, 0.6) is 0 Å². The molecular weight excluding hydrogens is 196 g/mol. The molecular formula is C15H30O. The highest BCUT2D eigenvalue weighted by molar-refractivity contribution is 4.86. The molecule has 1 rings (SSSR count).